The van der Waals surface area contributed by atoms with Crippen molar-refractivity contribution in [2.75, 3.05) is 29.1 Å². The zero-order valence-corrected chi connectivity index (χ0v) is 25.3. The Kier molecular flexibility index (Phi) is 7.49. The lowest BCUT2D eigenvalue weighted by molar-refractivity contribution is -0.133. The third-order valence-electron chi connectivity index (χ3n) is 8.50. The molecule has 1 atom stereocenters. The Morgan fingerprint density at radius 2 is 1.83 bits per heavy atom. The van der Waals surface area contributed by atoms with E-state index in [4.69, 9.17) is 14.6 Å². The molecule has 12 nitrogen and oxygen atoms in total. The summed E-state index contributed by atoms with van der Waals surface area (Å²) in [6.07, 6.45) is 3.63. The topological polar surface area (TPSA) is 160 Å². The lowest BCUT2D eigenvalue weighted by Gasteiger charge is -2.27. The minimum absolute atomic E-state index is 0.0436. The molecule has 1 aliphatic carbocycles. The van der Waals surface area contributed by atoms with E-state index in [9.17, 15) is 23.6 Å². The fraction of sp³-hybridized carbons (Fsp3) is 0.235. The predicted octanol–water partition coefficient (Wildman–Crippen LogP) is 4.71. The third kappa shape index (κ3) is 5.87. The molecule has 1 saturated carbocycles. The van der Waals surface area contributed by atoms with Crippen LogP contribution in [0.3, 0.4) is 0 Å². The highest BCUT2D eigenvalue weighted by Gasteiger charge is 2.57. The first-order chi connectivity index (χ1) is 24.2. The molecule has 4 aromatic rings. The number of nitrogens with one attached hydrogen (secondary N) is 2. The van der Waals surface area contributed by atoms with E-state index in [1.165, 1.54) is 41.3 Å². The number of nitrogens with two attached hydrogens (primary N) is 1. The van der Waals surface area contributed by atoms with Crippen molar-refractivity contribution in [1.82, 2.24) is 14.9 Å². The average Bonchev–Trinajstić information content (AvgIpc) is 3.76. The number of hydrogen-bond acceptors (Lipinski definition) is 8. The van der Waals surface area contributed by atoms with Gasteiger partial charge < -0.3 is 26.0 Å². The molecular formula is C34H31F2N7O5. The van der Waals surface area contributed by atoms with E-state index in [0.29, 0.717) is 19.4 Å². The smallest absolute Gasteiger partial charge is 0.247 e. The van der Waals surface area contributed by atoms with Crippen molar-refractivity contribution >= 4 is 63.1 Å². The van der Waals surface area contributed by atoms with Crippen LogP contribution in [-0.4, -0.2) is 58.1 Å². The second-order valence-corrected chi connectivity index (χ2v) is 11.4. The van der Waals surface area contributed by atoms with Crippen molar-refractivity contribution in [3.05, 3.63) is 85.2 Å². The number of primary amides is 1. The van der Waals surface area contributed by atoms with Gasteiger partial charge in [0.15, 0.2) is 0 Å². The number of halogens is 2. The van der Waals surface area contributed by atoms with Crippen LogP contribution in [0, 0.1) is 17.0 Å². The molecule has 0 bridgehead atoms. The Bertz CT molecular complexity index is 2080. The molecule has 6 rings (SSSR count). The molecule has 2 heterocycles. The molecule has 2 fully saturated rings. The maximum absolute atomic E-state index is 15.8. The largest absolute Gasteiger partial charge is 0.494 e. The van der Waals surface area contributed by atoms with Crippen LogP contribution >= 0.6 is 0 Å². The summed E-state index contributed by atoms with van der Waals surface area (Å²) in [7, 11) is -2.90. The Morgan fingerprint density at radius 3 is 2.50 bits per heavy atom. The van der Waals surface area contributed by atoms with Crippen LogP contribution in [0.1, 0.15) is 29.8 Å². The maximum atomic E-state index is 15.8. The van der Waals surface area contributed by atoms with Crippen molar-refractivity contribution in [2.24, 2.45) is 11.1 Å². The second-order valence-electron chi connectivity index (χ2n) is 11.4. The van der Waals surface area contributed by atoms with Crippen LogP contribution in [0.4, 0.5) is 37.3 Å². The monoisotopic (exact) mass is 658 g/mol. The van der Waals surface area contributed by atoms with Gasteiger partial charge in [0.1, 0.15) is 41.0 Å². The molecule has 1 unspecified atom stereocenters. The average molecular weight is 659 g/mol. The van der Waals surface area contributed by atoms with Gasteiger partial charge in [0.05, 0.1) is 33.7 Å². The number of rotatable bonds is 10. The Balaban J connectivity index is 1.34. The quantitative estimate of drug-likeness (QED) is 0.163. The Morgan fingerprint density at radius 1 is 1.08 bits per heavy atom. The van der Waals surface area contributed by atoms with Gasteiger partial charge in [-0.2, -0.15) is 0 Å². The van der Waals surface area contributed by atoms with E-state index in [2.05, 4.69) is 27.2 Å². The first-order valence-electron chi connectivity index (χ1n) is 16.4. The van der Waals surface area contributed by atoms with E-state index < -0.39 is 53.8 Å². The number of carbonyl (C=O) groups excluding carboxylic acids is 4. The highest BCUT2D eigenvalue weighted by Crippen LogP contribution is 2.49. The Hall–Kier alpha value is -5.92. The molecule has 0 radical (unpaired) electrons. The Labute approximate surface area is 277 Å². The van der Waals surface area contributed by atoms with Gasteiger partial charge in [-0.3, -0.25) is 24.1 Å². The molecule has 48 heavy (non-hydrogen) atoms. The zero-order valence-electron chi connectivity index (χ0n) is 28.3. The first kappa shape index (κ1) is 28.3. The predicted molar refractivity (Wildman–Crippen MR) is 174 cm³/mol. The molecule has 1 saturated heterocycles. The van der Waals surface area contributed by atoms with Gasteiger partial charge in [0.25, 0.3) is 0 Å². The molecule has 4 amide bonds. The molecule has 3 aromatic carbocycles. The van der Waals surface area contributed by atoms with Crippen molar-refractivity contribution in [3.8, 4) is 5.75 Å². The highest BCUT2D eigenvalue weighted by atomic mass is 19.1. The summed E-state index contributed by atoms with van der Waals surface area (Å²) in [5.41, 5.74) is 4.34. The summed E-state index contributed by atoms with van der Waals surface area (Å²) < 4.78 is 57.7. The molecule has 4 N–H and O–H groups in total. The van der Waals surface area contributed by atoms with Gasteiger partial charge in [-0.1, -0.05) is 6.58 Å². The minimum atomic E-state index is -2.90. The first-order valence-corrected chi connectivity index (χ1v) is 14.9. The molecule has 0 spiro atoms. The number of hydrogen-bond donors (Lipinski definition) is 3. The number of nitrogens with zero attached hydrogens (tertiary/aromatic N) is 4. The van der Waals surface area contributed by atoms with Gasteiger partial charge in [0, 0.05) is 29.8 Å². The van der Waals surface area contributed by atoms with E-state index in [1.54, 1.807) is 0 Å². The number of amides is 4. The van der Waals surface area contributed by atoms with Crippen LogP contribution in [0.15, 0.2) is 73.6 Å². The van der Waals surface area contributed by atoms with Gasteiger partial charge in [-0.25, -0.2) is 18.7 Å². The fourth-order valence-corrected chi connectivity index (χ4v) is 5.75. The van der Waals surface area contributed by atoms with Crippen molar-refractivity contribution < 1.29 is 36.8 Å². The van der Waals surface area contributed by atoms with Crippen molar-refractivity contribution in [3.63, 3.8) is 0 Å². The summed E-state index contributed by atoms with van der Waals surface area (Å²) in [6, 6.07) is 10.5. The second kappa shape index (κ2) is 12.7. The lowest BCUT2D eigenvalue weighted by Crippen LogP contribution is -2.42. The van der Waals surface area contributed by atoms with Crippen molar-refractivity contribution in [2.45, 2.75) is 31.7 Å². The number of ether oxygens (including phenoxy) is 1. The normalized spacial score (nSPS) is 17.4. The summed E-state index contributed by atoms with van der Waals surface area (Å²) in [5, 5.41) is 5.77. The van der Waals surface area contributed by atoms with Gasteiger partial charge in [-0.05, 0) is 74.2 Å². The highest BCUT2D eigenvalue weighted by molar-refractivity contribution is 6.16. The third-order valence-corrected chi connectivity index (χ3v) is 8.50. The number of anilines is 5. The minimum Gasteiger partial charge on any atom is -0.494 e. The SMILES string of the molecule is [2H]C([2H])([2H])Oc1cc2ncnc(Nc3ccc(N(C(=O)C4(C(N)=O)CC4)c4ccc(F)cc4)cc3F)c2cc1NC(=O)C1CCCN1C(=O)C=C. The number of benzene rings is 3. The molecular weight excluding hydrogens is 624 g/mol. The number of aromatic nitrogens is 2. The van der Waals surface area contributed by atoms with E-state index in [1.807, 2.05) is 0 Å². The van der Waals surface area contributed by atoms with E-state index >= 15 is 4.39 Å². The lowest BCUT2D eigenvalue weighted by atomic mass is 10.0. The van der Waals surface area contributed by atoms with Crippen LogP contribution in [0.25, 0.3) is 10.9 Å². The van der Waals surface area contributed by atoms with Gasteiger partial charge >= 0.3 is 0 Å². The van der Waals surface area contributed by atoms with Crippen molar-refractivity contribution in [1.29, 1.82) is 0 Å². The summed E-state index contributed by atoms with van der Waals surface area (Å²) in [6.45, 7) is 3.82. The van der Waals surface area contributed by atoms with Crippen LogP contribution < -0.4 is 26.0 Å². The zero-order chi connectivity index (χ0) is 36.7. The van der Waals surface area contributed by atoms with Crippen LogP contribution in [-0.2, 0) is 19.2 Å². The van der Waals surface area contributed by atoms with Gasteiger partial charge in [0.2, 0.25) is 23.6 Å². The van der Waals surface area contributed by atoms with Gasteiger partial charge in [-0.15, -0.1) is 0 Å². The molecule has 1 aromatic heterocycles. The number of methoxy groups -OCH3 is 1. The van der Waals surface area contributed by atoms with Crippen LogP contribution in [0.5, 0.6) is 5.75 Å². The molecule has 14 heteroatoms. The molecule has 1 aliphatic heterocycles. The van der Waals surface area contributed by atoms with Crippen LogP contribution in [0.2, 0.25) is 0 Å². The standard InChI is InChI=1S/C34H31F2N7O5/c1-3-29(44)42-14-4-5-27(42)31(45)41-26-16-22-25(17-28(26)48-2)38-18-39-30(22)40-24-11-10-21(15-23(24)36)43(20-8-6-19(35)7-9-20)33(47)34(12-13-34)32(37)46/h3,6-11,15-18,27H,1,4-5,12-14H2,2H3,(H2,37,46)(H,41,45)(H,38,39,40)/i2D3. The number of carbonyl (C=O) groups is 4. The maximum Gasteiger partial charge on any atom is 0.247 e. The number of likely N-dealkylation sites (tertiary alicyclic amines) is 1. The van der Waals surface area contributed by atoms with E-state index in [-0.39, 0.29) is 58.1 Å². The summed E-state index contributed by atoms with van der Waals surface area (Å²) in [4.78, 5) is 62.4. The molecule has 2 aliphatic rings. The summed E-state index contributed by atoms with van der Waals surface area (Å²) in [5.74, 6) is -4.08. The van der Waals surface area contributed by atoms with E-state index in [0.717, 1.165) is 35.5 Å². The molecule has 246 valence electrons. The fourth-order valence-electron chi connectivity index (χ4n) is 5.75. The summed E-state index contributed by atoms with van der Waals surface area (Å²) >= 11 is 0. The number of fused-ring (bicyclic) bond motifs is 1.